The molecule has 0 radical (unpaired) electrons. The molecule has 0 bridgehead atoms. The number of aromatic nitrogens is 2. The van der Waals surface area contributed by atoms with Crippen LogP contribution in [0.1, 0.15) is 33.1 Å². The molecule has 1 N–H and O–H groups in total. The lowest BCUT2D eigenvalue weighted by atomic mass is 9.90. The number of nitrogens with zero attached hydrogens (tertiary/aromatic N) is 2. The van der Waals surface area contributed by atoms with Crippen molar-refractivity contribution in [3.63, 3.8) is 0 Å². The van der Waals surface area contributed by atoms with E-state index >= 15 is 0 Å². The smallest absolute Gasteiger partial charge is 0.130 e. The van der Waals surface area contributed by atoms with Crippen LogP contribution in [0.3, 0.4) is 0 Å². The van der Waals surface area contributed by atoms with Crippen molar-refractivity contribution < 1.29 is 4.74 Å². The largest absolute Gasteiger partial charge is 0.379 e. The number of nitrogens with one attached hydrogen (secondary N) is 1. The molecule has 1 saturated heterocycles. The van der Waals surface area contributed by atoms with Crippen molar-refractivity contribution >= 4 is 51.7 Å². The van der Waals surface area contributed by atoms with Crippen LogP contribution in [0.4, 0.5) is 5.69 Å². The maximum atomic E-state index is 6.35. The Morgan fingerprint density at radius 1 is 1.38 bits per heavy atom. The van der Waals surface area contributed by atoms with Crippen LogP contribution in [0.25, 0.3) is 11.0 Å². The van der Waals surface area contributed by atoms with Crippen molar-refractivity contribution in [3.8, 4) is 0 Å². The number of halogens is 2. The Hall–Kier alpha value is -0.620. The highest BCUT2D eigenvalue weighted by molar-refractivity contribution is 7.00. The summed E-state index contributed by atoms with van der Waals surface area (Å²) in [5.74, 6) is 0. The van der Waals surface area contributed by atoms with Gasteiger partial charge in [-0.05, 0) is 32.3 Å². The second kappa shape index (κ2) is 5.88. The highest BCUT2D eigenvalue weighted by atomic mass is 35.5. The molecule has 0 amide bonds. The van der Waals surface area contributed by atoms with Crippen LogP contribution in [-0.2, 0) is 4.74 Å². The summed E-state index contributed by atoms with van der Waals surface area (Å²) in [6, 6.07) is 2.04. The normalized spacial score (nSPS) is 26.2. The molecule has 1 aromatic heterocycles. The molecule has 7 heteroatoms. The molecular weight excluding hydrogens is 329 g/mol. The summed E-state index contributed by atoms with van der Waals surface area (Å²) in [4.78, 5) is 0. The van der Waals surface area contributed by atoms with Crippen LogP contribution in [0.2, 0.25) is 10.0 Å². The molecule has 2 heterocycles. The quantitative estimate of drug-likeness (QED) is 0.871. The number of fused-ring (bicyclic) bond motifs is 1. The van der Waals surface area contributed by atoms with E-state index < -0.39 is 0 Å². The average molecular weight is 346 g/mol. The van der Waals surface area contributed by atoms with Crippen molar-refractivity contribution in [1.82, 2.24) is 8.75 Å². The first-order chi connectivity index (χ1) is 10.0. The highest BCUT2D eigenvalue weighted by Gasteiger charge is 2.32. The summed E-state index contributed by atoms with van der Waals surface area (Å²) < 4.78 is 14.4. The summed E-state index contributed by atoms with van der Waals surface area (Å²) in [5, 5.41) is 4.66. The second-order valence-electron chi connectivity index (χ2n) is 5.66. The summed E-state index contributed by atoms with van der Waals surface area (Å²) >= 11 is 13.7. The van der Waals surface area contributed by atoms with Gasteiger partial charge in [0.05, 0.1) is 33.1 Å². The van der Waals surface area contributed by atoms with Crippen LogP contribution in [0.5, 0.6) is 0 Å². The van der Waals surface area contributed by atoms with E-state index in [0.717, 1.165) is 48.8 Å². The highest BCUT2D eigenvalue weighted by Crippen LogP contribution is 2.37. The molecule has 2 unspecified atom stereocenters. The minimum atomic E-state index is -0.0751. The second-order valence-corrected chi connectivity index (χ2v) is 7.01. The predicted molar refractivity (Wildman–Crippen MR) is 88.7 cm³/mol. The third-order valence-electron chi connectivity index (χ3n) is 4.14. The molecule has 114 valence electrons. The first-order valence-corrected chi connectivity index (χ1v) is 8.52. The fraction of sp³-hybridized carbons (Fsp3) is 0.571. The minimum absolute atomic E-state index is 0.0751. The maximum absolute atomic E-state index is 6.35. The number of rotatable bonds is 3. The molecule has 1 aliphatic rings. The number of hydrogen-bond donors (Lipinski definition) is 1. The topological polar surface area (TPSA) is 47.0 Å². The van der Waals surface area contributed by atoms with Crippen molar-refractivity contribution in [2.24, 2.45) is 0 Å². The van der Waals surface area contributed by atoms with Gasteiger partial charge in [0.25, 0.3) is 0 Å². The van der Waals surface area contributed by atoms with Crippen molar-refractivity contribution in [3.05, 3.63) is 16.1 Å². The van der Waals surface area contributed by atoms with E-state index in [1.54, 1.807) is 6.07 Å². The molecule has 0 spiro atoms. The van der Waals surface area contributed by atoms with E-state index in [2.05, 4.69) is 27.9 Å². The predicted octanol–water partition coefficient (Wildman–Crippen LogP) is 4.76. The van der Waals surface area contributed by atoms with Crippen molar-refractivity contribution in [2.45, 2.75) is 44.8 Å². The van der Waals surface area contributed by atoms with E-state index in [0.29, 0.717) is 21.6 Å². The van der Waals surface area contributed by atoms with Crippen molar-refractivity contribution in [1.29, 1.82) is 0 Å². The monoisotopic (exact) mass is 345 g/mol. The fourth-order valence-corrected chi connectivity index (χ4v) is 3.88. The Bertz CT molecular complexity index is 663. The lowest BCUT2D eigenvalue weighted by Crippen LogP contribution is -2.41. The third kappa shape index (κ3) is 2.97. The summed E-state index contributed by atoms with van der Waals surface area (Å²) in [5.41, 5.74) is 2.21. The van der Waals surface area contributed by atoms with Gasteiger partial charge < -0.3 is 10.1 Å². The first-order valence-electron chi connectivity index (χ1n) is 7.03. The van der Waals surface area contributed by atoms with Gasteiger partial charge in [-0.2, -0.15) is 8.75 Å². The lowest BCUT2D eigenvalue weighted by Gasteiger charge is -2.38. The Labute approximate surface area is 138 Å². The van der Waals surface area contributed by atoms with E-state index in [4.69, 9.17) is 27.9 Å². The molecule has 0 aliphatic carbocycles. The van der Waals surface area contributed by atoms with Crippen LogP contribution < -0.4 is 5.32 Å². The molecule has 21 heavy (non-hydrogen) atoms. The standard InChI is InChI=1S/C14H17Cl2N3OS/c1-3-14(2)7-8(4-5-20-14)17-11-9(15)6-10(16)12-13(11)19-21-18-12/h6,8,17H,3-5,7H2,1-2H3. The van der Waals surface area contributed by atoms with E-state index in [1.165, 1.54) is 0 Å². The van der Waals surface area contributed by atoms with Gasteiger partial charge in [-0.1, -0.05) is 30.1 Å². The zero-order chi connectivity index (χ0) is 15.0. The van der Waals surface area contributed by atoms with Gasteiger partial charge in [-0.3, -0.25) is 0 Å². The van der Waals surface area contributed by atoms with E-state index in [9.17, 15) is 0 Å². The van der Waals surface area contributed by atoms with Gasteiger partial charge >= 0.3 is 0 Å². The minimum Gasteiger partial charge on any atom is -0.379 e. The van der Waals surface area contributed by atoms with Crippen LogP contribution in [0.15, 0.2) is 6.07 Å². The average Bonchev–Trinajstić information content (AvgIpc) is 2.93. The fourth-order valence-electron chi connectivity index (χ4n) is 2.72. The summed E-state index contributed by atoms with van der Waals surface area (Å²) in [6.07, 6.45) is 2.89. The van der Waals surface area contributed by atoms with Gasteiger partial charge in [0, 0.05) is 12.6 Å². The van der Waals surface area contributed by atoms with Gasteiger partial charge in [0.2, 0.25) is 0 Å². The lowest BCUT2D eigenvalue weighted by molar-refractivity contribution is -0.0708. The molecule has 1 fully saturated rings. The molecule has 1 aliphatic heterocycles. The van der Waals surface area contributed by atoms with Crippen molar-refractivity contribution in [2.75, 3.05) is 11.9 Å². The van der Waals surface area contributed by atoms with Gasteiger partial charge in [0.1, 0.15) is 11.0 Å². The third-order valence-corrected chi connectivity index (χ3v) is 5.25. The number of anilines is 1. The SMILES string of the molecule is CCC1(C)CC(Nc2c(Cl)cc(Cl)c3nsnc23)CCO1. The Balaban J connectivity index is 1.90. The van der Waals surface area contributed by atoms with Gasteiger partial charge in [0.15, 0.2) is 0 Å². The Kier molecular flexibility index (Phi) is 4.28. The molecule has 3 rings (SSSR count). The van der Waals surface area contributed by atoms with E-state index in [1.807, 2.05) is 0 Å². The summed E-state index contributed by atoms with van der Waals surface area (Å²) in [7, 11) is 0. The van der Waals surface area contributed by atoms with Gasteiger partial charge in [-0.25, -0.2) is 0 Å². The zero-order valence-corrected chi connectivity index (χ0v) is 14.3. The van der Waals surface area contributed by atoms with Crippen LogP contribution in [0, 0.1) is 0 Å². The van der Waals surface area contributed by atoms with Crippen LogP contribution >= 0.6 is 34.9 Å². The number of hydrogen-bond acceptors (Lipinski definition) is 5. The van der Waals surface area contributed by atoms with Crippen LogP contribution in [-0.4, -0.2) is 27.0 Å². The molecule has 0 saturated carbocycles. The molecule has 2 atom stereocenters. The molecule has 1 aromatic carbocycles. The maximum Gasteiger partial charge on any atom is 0.130 e. The summed E-state index contributed by atoms with van der Waals surface area (Å²) in [6.45, 7) is 5.07. The number of benzene rings is 1. The van der Waals surface area contributed by atoms with Gasteiger partial charge in [-0.15, -0.1) is 0 Å². The zero-order valence-electron chi connectivity index (χ0n) is 11.9. The van der Waals surface area contributed by atoms with E-state index in [-0.39, 0.29) is 5.60 Å². The first kappa shape index (κ1) is 15.3. The molecular formula is C14H17Cl2N3OS. The Morgan fingerprint density at radius 3 is 2.90 bits per heavy atom. The number of ether oxygens (including phenoxy) is 1. The Morgan fingerprint density at radius 2 is 2.14 bits per heavy atom. The molecule has 4 nitrogen and oxygen atoms in total. The molecule has 2 aromatic rings.